The number of hydrogen-bond donors (Lipinski definition) is 0. The summed E-state index contributed by atoms with van der Waals surface area (Å²) in [5.41, 5.74) is 0. The van der Waals surface area contributed by atoms with Gasteiger partial charge in [-0.2, -0.15) is 0 Å². The molecule has 0 rings (SSSR count). The van der Waals surface area contributed by atoms with Gasteiger partial charge in [0.25, 0.3) is 0 Å². The van der Waals surface area contributed by atoms with Crippen molar-refractivity contribution in [2.45, 2.75) is 25.2 Å². The molecule has 0 amide bonds. The van der Waals surface area contributed by atoms with Crippen molar-refractivity contribution in [2.24, 2.45) is 0 Å². The molecule has 14 heavy (non-hydrogen) atoms. The summed E-state index contributed by atoms with van der Waals surface area (Å²) in [5, 5.41) is 0.208. The lowest BCUT2D eigenvalue weighted by Crippen LogP contribution is -2.56. The summed E-state index contributed by atoms with van der Waals surface area (Å²) in [7, 11) is 2.31. The van der Waals surface area contributed by atoms with Gasteiger partial charge >= 0.3 is 8.80 Å². The molecule has 0 spiro atoms. The van der Waals surface area contributed by atoms with Crippen LogP contribution in [0.15, 0.2) is 0 Å². The van der Waals surface area contributed by atoms with Gasteiger partial charge in [-0.25, -0.2) is 0 Å². The molecule has 0 aliphatic rings. The van der Waals surface area contributed by atoms with Gasteiger partial charge in [-0.05, 0) is 13.1 Å². The first-order chi connectivity index (χ1) is 6.40. The first-order valence-electron chi connectivity index (χ1n) is 4.60. The topological polar surface area (TPSA) is 36.9 Å². The minimum absolute atomic E-state index is 0.208. The average Bonchev–Trinajstić information content (AvgIpc) is 2.21. The molecule has 0 aliphatic carbocycles. The maximum absolute atomic E-state index is 5.54. The van der Waals surface area contributed by atoms with Gasteiger partial charge in [0.1, 0.15) is 0 Å². The van der Waals surface area contributed by atoms with E-state index in [4.69, 9.17) is 17.7 Å². The zero-order valence-electron chi connectivity index (χ0n) is 10.2. The fraction of sp³-hybridized carbons (Fsp3) is 1.00. The Hall–Kier alpha value is 0.274. The lowest BCUT2D eigenvalue weighted by molar-refractivity contribution is 0.118. The Bertz CT molecular complexity index is 162. The highest BCUT2D eigenvalue weighted by Gasteiger charge is 2.53. The zero-order chi connectivity index (χ0) is 11.4. The van der Waals surface area contributed by atoms with Gasteiger partial charge in [-0.15, -0.1) is 0 Å². The van der Waals surface area contributed by atoms with Crippen LogP contribution in [-0.4, -0.2) is 45.6 Å². The van der Waals surface area contributed by atoms with E-state index in [0.29, 0.717) is 0 Å². The second kappa shape index (κ2) is 5.38. The van der Waals surface area contributed by atoms with Crippen LogP contribution in [0.25, 0.3) is 0 Å². The van der Waals surface area contributed by atoms with Crippen LogP contribution < -0.4 is 0 Å². The summed E-state index contributed by atoms with van der Waals surface area (Å²) < 4.78 is 21.9. The van der Waals surface area contributed by atoms with Crippen molar-refractivity contribution in [3.63, 3.8) is 0 Å². The van der Waals surface area contributed by atoms with Crippen LogP contribution in [-0.2, 0) is 17.7 Å². The molecule has 0 heterocycles. The quantitative estimate of drug-likeness (QED) is 0.659. The monoisotopic (exact) mass is 238 g/mol. The summed E-state index contributed by atoms with van der Waals surface area (Å²) in [6.07, 6.45) is 0. The molecule has 0 saturated carbocycles. The zero-order valence-corrected chi connectivity index (χ0v) is 12.2. The van der Waals surface area contributed by atoms with E-state index in [1.165, 1.54) is 0 Å². The molecule has 4 nitrogen and oxygen atoms in total. The van der Waals surface area contributed by atoms with Gasteiger partial charge in [-0.1, -0.05) is 6.92 Å². The molecule has 0 saturated heterocycles. The van der Waals surface area contributed by atoms with Crippen LogP contribution in [0.1, 0.15) is 6.92 Å². The van der Waals surface area contributed by atoms with E-state index in [2.05, 4.69) is 20.0 Å². The molecule has 0 bridgehead atoms. The Kier molecular flexibility index (Phi) is 5.49. The third-order valence-electron chi connectivity index (χ3n) is 2.95. The van der Waals surface area contributed by atoms with Crippen LogP contribution in [0.4, 0.5) is 0 Å². The summed E-state index contributed by atoms with van der Waals surface area (Å²) in [4.78, 5) is 0. The highest BCUT2D eigenvalue weighted by atomic mass is 28.4. The fourth-order valence-electron chi connectivity index (χ4n) is 1.38. The molecule has 86 valence electrons. The fourth-order valence-corrected chi connectivity index (χ4v) is 8.12. The maximum Gasteiger partial charge on any atom is 0.502 e. The normalized spacial score (nSPS) is 15.6. The van der Waals surface area contributed by atoms with Gasteiger partial charge in [-0.3, -0.25) is 0 Å². The second-order valence-corrected chi connectivity index (χ2v) is 12.1. The third kappa shape index (κ3) is 2.65. The van der Waals surface area contributed by atoms with Crippen molar-refractivity contribution < 1.29 is 17.7 Å². The Balaban J connectivity index is 4.84. The Morgan fingerprint density at radius 3 is 1.36 bits per heavy atom. The van der Waals surface area contributed by atoms with Crippen LogP contribution in [0.2, 0.25) is 18.3 Å². The average molecular weight is 238 g/mol. The smallest absolute Gasteiger partial charge is 0.420 e. The molecule has 0 aromatic rings. The molecule has 1 atom stereocenters. The van der Waals surface area contributed by atoms with E-state index in [9.17, 15) is 0 Å². The van der Waals surface area contributed by atoms with E-state index in [0.717, 1.165) is 0 Å². The first kappa shape index (κ1) is 14.3. The van der Waals surface area contributed by atoms with E-state index in [1.54, 1.807) is 28.4 Å². The summed E-state index contributed by atoms with van der Waals surface area (Å²) in [5.74, 6) is 0. The molecule has 6 heteroatoms. The molecule has 0 aromatic carbocycles. The van der Waals surface area contributed by atoms with Crippen LogP contribution in [0.3, 0.4) is 0 Å². The van der Waals surface area contributed by atoms with Gasteiger partial charge in [0.15, 0.2) is 8.32 Å². The van der Waals surface area contributed by atoms with Crippen molar-refractivity contribution in [3.05, 3.63) is 0 Å². The summed E-state index contributed by atoms with van der Waals surface area (Å²) in [6, 6.07) is 0. The molecule has 0 N–H and O–H groups in total. The van der Waals surface area contributed by atoms with Gasteiger partial charge in [0, 0.05) is 33.6 Å². The third-order valence-corrected chi connectivity index (χ3v) is 12.0. The lowest BCUT2D eigenvalue weighted by atomic mass is 10.9. The standard InChI is InChI=1S/C8H22O4Si2/c1-8(13(6,7)9-2)14(10-3,11-4)12-5/h8H,1-7H3. The molecular formula is C8H22O4Si2. The van der Waals surface area contributed by atoms with E-state index in [1.807, 2.05) is 0 Å². The molecule has 0 fully saturated rings. The highest BCUT2D eigenvalue weighted by Crippen LogP contribution is 2.32. The molecular weight excluding hydrogens is 216 g/mol. The number of rotatable bonds is 6. The van der Waals surface area contributed by atoms with Crippen molar-refractivity contribution in [3.8, 4) is 0 Å². The van der Waals surface area contributed by atoms with Crippen molar-refractivity contribution in [1.82, 2.24) is 0 Å². The molecule has 0 radical (unpaired) electrons. The van der Waals surface area contributed by atoms with Crippen molar-refractivity contribution >= 4 is 17.1 Å². The van der Waals surface area contributed by atoms with Crippen LogP contribution in [0, 0.1) is 0 Å². The summed E-state index contributed by atoms with van der Waals surface area (Å²) >= 11 is 0. The largest absolute Gasteiger partial charge is 0.502 e. The molecule has 0 aromatic heterocycles. The van der Waals surface area contributed by atoms with E-state index >= 15 is 0 Å². The molecule has 1 unspecified atom stereocenters. The van der Waals surface area contributed by atoms with Gasteiger partial charge < -0.3 is 17.7 Å². The van der Waals surface area contributed by atoms with E-state index in [-0.39, 0.29) is 5.16 Å². The van der Waals surface area contributed by atoms with E-state index < -0.39 is 17.1 Å². The first-order valence-corrected chi connectivity index (χ1v) is 9.39. The van der Waals surface area contributed by atoms with Crippen molar-refractivity contribution in [2.75, 3.05) is 28.4 Å². The minimum Gasteiger partial charge on any atom is -0.420 e. The Morgan fingerprint density at radius 1 is 0.786 bits per heavy atom. The summed E-state index contributed by atoms with van der Waals surface area (Å²) in [6.45, 7) is 6.35. The lowest BCUT2D eigenvalue weighted by Gasteiger charge is -2.37. The van der Waals surface area contributed by atoms with Crippen LogP contribution in [0.5, 0.6) is 0 Å². The van der Waals surface area contributed by atoms with Crippen LogP contribution >= 0.6 is 0 Å². The molecule has 0 aliphatic heterocycles. The SMILES string of the molecule is CO[Si](C)(C)C(C)[Si](OC)(OC)OC. The van der Waals surface area contributed by atoms with Gasteiger partial charge in [0.2, 0.25) is 0 Å². The minimum atomic E-state index is -2.54. The highest BCUT2D eigenvalue weighted by molar-refractivity contribution is 6.87. The van der Waals surface area contributed by atoms with Crippen molar-refractivity contribution in [1.29, 1.82) is 0 Å². The Labute approximate surface area is 89.0 Å². The number of hydrogen-bond acceptors (Lipinski definition) is 4. The predicted molar refractivity (Wildman–Crippen MR) is 60.7 cm³/mol. The Morgan fingerprint density at radius 2 is 1.14 bits per heavy atom. The van der Waals surface area contributed by atoms with Gasteiger partial charge in [0.05, 0.1) is 0 Å². The maximum atomic E-state index is 5.54. The predicted octanol–water partition coefficient (Wildman–Crippen LogP) is 1.65. The second-order valence-electron chi connectivity index (χ2n) is 3.75.